The van der Waals surface area contributed by atoms with Gasteiger partial charge in [0.05, 0.1) is 13.7 Å². The minimum Gasteiger partial charge on any atom is -0.497 e. The maximum Gasteiger partial charge on any atom is 0.394 e. The number of rotatable bonds is 6. The highest BCUT2D eigenvalue weighted by molar-refractivity contribution is 5.86. The Morgan fingerprint density at radius 2 is 2.25 bits per heavy atom. The van der Waals surface area contributed by atoms with Crippen LogP contribution < -0.4 is 9.47 Å². The molecule has 1 heterocycles. The van der Waals surface area contributed by atoms with Crippen molar-refractivity contribution in [2.75, 3.05) is 13.7 Å². The average Bonchev–Trinajstić information content (AvgIpc) is 2.94. The number of hydrogen-bond donors (Lipinski definition) is 0. The quantitative estimate of drug-likeness (QED) is 0.755. The van der Waals surface area contributed by atoms with Crippen LogP contribution in [0.5, 0.6) is 11.8 Å². The van der Waals surface area contributed by atoms with Gasteiger partial charge in [0, 0.05) is 0 Å². The Bertz CT molecular complexity index is 578. The van der Waals surface area contributed by atoms with Gasteiger partial charge in [0.25, 0.3) is 0 Å². The van der Waals surface area contributed by atoms with Gasteiger partial charge in [-0.15, -0.1) is 0 Å². The summed E-state index contributed by atoms with van der Waals surface area (Å²) >= 11 is 0. The second-order valence-electron chi connectivity index (χ2n) is 3.86. The number of methoxy groups -OCH3 is 1. The van der Waals surface area contributed by atoms with Crippen molar-refractivity contribution < 1.29 is 23.4 Å². The molecule has 0 aliphatic carbocycles. The lowest BCUT2D eigenvalue weighted by atomic mass is 10.2. The topological polar surface area (TPSA) is 70.8 Å². The fourth-order valence-electron chi connectivity index (χ4n) is 1.53. The molecule has 0 bridgehead atoms. The van der Waals surface area contributed by atoms with Crippen LogP contribution in [-0.4, -0.2) is 24.7 Å². The summed E-state index contributed by atoms with van der Waals surface area (Å²) in [5.41, 5.74) is 0.993. The summed E-state index contributed by atoms with van der Waals surface area (Å²) in [6, 6.07) is 7.43. The van der Waals surface area contributed by atoms with E-state index in [1.807, 2.05) is 24.3 Å². The smallest absolute Gasteiger partial charge is 0.394 e. The fraction of sp³-hybridized carbons (Fsp3) is 0.286. The molecule has 0 radical (unpaired) electrons. The first-order chi connectivity index (χ1) is 9.72. The molecule has 0 unspecified atom stereocenters. The number of nitrogens with zero attached hydrogens (tertiary/aromatic N) is 1. The van der Waals surface area contributed by atoms with Gasteiger partial charge in [-0.3, -0.25) is 0 Å². The molecule has 0 atom stereocenters. The minimum atomic E-state index is -0.535. The van der Waals surface area contributed by atoms with E-state index in [0.717, 1.165) is 11.3 Å². The molecule has 20 heavy (non-hydrogen) atoms. The van der Waals surface area contributed by atoms with Crippen LogP contribution in [0, 0.1) is 0 Å². The van der Waals surface area contributed by atoms with Crippen LogP contribution in [0.3, 0.4) is 0 Å². The molecule has 1 aromatic heterocycles. The second kappa shape index (κ2) is 6.60. The van der Waals surface area contributed by atoms with Gasteiger partial charge in [0.15, 0.2) is 5.69 Å². The largest absolute Gasteiger partial charge is 0.497 e. The monoisotopic (exact) mass is 277 g/mol. The molecule has 0 aliphatic heterocycles. The van der Waals surface area contributed by atoms with Crippen LogP contribution in [0.15, 0.2) is 34.9 Å². The van der Waals surface area contributed by atoms with Gasteiger partial charge in [-0.05, 0) is 24.6 Å². The van der Waals surface area contributed by atoms with Gasteiger partial charge in [-0.1, -0.05) is 12.1 Å². The number of carbonyl (C=O) groups excluding carboxylic acids is 1. The molecule has 6 heteroatoms. The third-order valence-electron chi connectivity index (χ3n) is 2.46. The van der Waals surface area contributed by atoms with Crippen molar-refractivity contribution in [2.24, 2.45) is 0 Å². The predicted molar refractivity (Wildman–Crippen MR) is 69.8 cm³/mol. The van der Waals surface area contributed by atoms with Gasteiger partial charge in [-0.2, -0.15) is 4.98 Å². The SMILES string of the molecule is CCOC(=O)c1coc(OCc2cccc(OC)c2)n1. The Morgan fingerprint density at radius 1 is 1.40 bits per heavy atom. The van der Waals surface area contributed by atoms with E-state index < -0.39 is 5.97 Å². The fourth-order valence-corrected chi connectivity index (χ4v) is 1.53. The maximum atomic E-state index is 11.4. The van der Waals surface area contributed by atoms with E-state index in [0.29, 0.717) is 0 Å². The number of carbonyl (C=O) groups is 1. The van der Waals surface area contributed by atoms with Crippen molar-refractivity contribution in [3.05, 3.63) is 41.8 Å². The summed E-state index contributed by atoms with van der Waals surface area (Å²) in [6.45, 7) is 2.27. The normalized spacial score (nSPS) is 10.1. The Kier molecular flexibility index (Phi) is 4.60. The Balaban J connectivity index is 1.95. The van der Waals surface area contributed by atoms with Crippen LogP contribution in [0.25, 0.3) is 0 Å². The molecule has 2 rings (SSSR count). The third-order valence-corrected chi connectivity index (χ3v) is 2.46. The lowest BCUT2D eigenvalue weighted by Crippen LogP contribution is -2.05. The van der Waals surface area contributed by atoms with Gasteiger partial charge in [-0.25, -0.2) is 4.79 Å². The van der Waals surface area contributed by atoms with E-state index in [9.17, 15) is 4.79 Å². The van der Waals surface area contributed by atoms with Gasteiger partial charge in [0.2, 0.25) is 0 Å². The highest BCUT2D eigenvalue weighted by atomic mass is 16.6. The predicted octanol–water partition coefficient (Wildman–Crippen LogP) is 2.44. The summed E-state index contributed by atoms with van der Waals surface area (Å²) in [5, 5.41) is 0. The summed E-state index contributed by atoms with van der Waals surface area (Å²) in [4.78, 5) is 15.3. The molecule has 0 spiro atoms. The van der Waals surface area contributed by atoms with Crippen molar-refractivity contribution >= 4 is 5.97 Å². The van der Waals surface area contributed by atoms with E-state index >= 15 is 0 Å². The van der Waals surface area contributed by atoms with Crippen LogP contribution >= 0.6 is 0 Å². The number of aromatic nitrogens is 1. The van der Waals surface area contributed by atoms with Crippen LogP contribution in [-0.2, 0) is 11.3 Å². The molecule has 0 aliphatic rings. The van der Waals surface area contributed by atoms with E-state index in [4.69, 9.17) is 18.6 Å². The molecule has 2 aromatic rings. The number of esters is 1. The molecule has 0 saturated carbocycles. The Labute approximate surface area is 116 Å². The molecular weight excluding hydrogens is 262 g/mol. The molecule has 0 N–H and O–H groups in total. The summed E-state index contributed by atoms with van der Waals surface area (Å²) in [7, 11) is 1.60. The molecule has 106 valence electrons. The lowest BCUT2D eigenvalue weighted by Gasteiger charge is -2.04. The second-order valence-corrected chi connectivity index (χ2v) is 3.86. The molecule has 6 nitrogen and oxygen atoms in total. The van der Waals surface area contributed by atoms with Crippen molar-refractivity contribution in [1.82, 2.24) is 4.98 Å². The van der Waals surface area contributed by atoms with Crippen LogP contribution in [0.2, 0.25) is 0 Å². The van der Waals surface area contributed by atoms with Crippen molar-refractivity contribution in [3.63, 3.8) is 0 Å². The van der Waals surface area contributed by atoms with Crippen LogP contribution in [0.1, 0.15) is 23.0 Å². The van der Waals surface area contributed by atoms with Gasteiger partial charge >= 0.3 is 12.0 Å². The van der Waals surface area contributed by atoms with Crippen molar-refractivity contribution in [3.8, 4) is 11.8 Å². The highest BCUT2D eigenvalue weighted by Crippen LogP contribution is 2.16. The summed E-state index contributed by atoms with van der Waals surface area (Å²) < 4.78 is 20.3. The standard InChI is InChI=1S/C14H15NO5/c1-3-18-13(16)12-9-20-14(15-12)19-8-10-5-4-6-11(7-10)17-2/h4-7,9H,3,8H2,1-2H3. The first-order valence-corrected chi connectivity index (χ1v) is 6.11. The number of ether oxygens (including phenoxy) is 3. The molecule has 1 aromatic carbocycles. The number of hydrogen-bond acceptors (Lipinski definition) is 6. The molecule has 0 saturated heterocycles. The molecular formula is C14H15NO5. The van der Waals surface area contributed by atoms with E-state index in [1.54, 1.807) is 14.0 Å². The summed E-state index contributed by atoms with van der Waals surface area (Å²) in [5.74, 6) is 0.207. The van der Waals surface area contributed by atoms with E-state index in [2.05, 4.69) is 4.98 Å². The van der Waals surface area contributed by atoms with Crippen LogP contribution in [0.4, 0.5) is 0 Å². The minimum absolute atomic E-state index is 0.0240. The average molecular weight is 277 g/mol. The number of oxazole rings is 1. The van der Waals surface area contributed by atoms with E-state index in [1.165, 1.54) is 6.26 Å². The van der Waals surface area contributed by atoms with Crippen molar-refractivity contribution in [2.45, 2.75) is 13.5 Å². The summed E-state index contributed by atoms with van der Waals surface area (Å²) in [6.07, 6.45) is 1.23. The van der Waals surface area contributed by atoms with Gasteiger partial charge < -0.3 is 18.6 Å². The Hall–Kier alpha value is -2.50. The van der Waals surface area contributed by atoms with Gasteiger partial charge in [0.1, 0.15) is 18.6 Å². The zero-order valence-corrected chi connectivity index (χ0v) is 11.3. The Morgan fingerprint density at radius 3 is 3.00 bits per heavy atom. The first-order valence-electron chi connectivity index (χ1n) is 6.11. The van der Waals surface area contributed by atoms with Crippen molar-refractivity contribution in [1.29, 1.82) is 0 Å². The third kappa shape index (κ3) is 3.50. The first kappa shape index (κ1) is 13.9. The van der Waals surface area contributed by atoms with E-state index in [-0.39, 0.29) is 25.0 Å². The zero-order chi connectivity index (χ0) is 14.4. The highest BCUT2D eigenvalue weighted by Gasteiger charge is 2.13. The maximum absolute atomic E-state index is 11.4. The lowest BCUT2D eigenvalue weighted by molar-refractivity contribution is 0.0519. The molecule has 0 fully saturated rings. The molecule has 0 amide bonds. The zero-order valence-electron chi connectivity index (χ0n) is 11.3. The number of benzene rings is 1.